The van der Waals surface area contributed by atoms with E-state index >= 15 is 0 Å². The van der Waals surface area contributed by atoms with Crippen molar-refractivity contribution in [1.82, 2.24) is 9.88 Å². The second kappa shape index (κ2) is 6.35. The van der Waals surface area contributed by atoms with Gasteiger partial charge in [-0.05, 0) is 57.7 Å². The first-order valence-electron chi connectivity index (χ1n) is 7.62. The number of hydrogen-bond acceptors (Lipinski definition) is 4. The topological polar surface area (TPSA) is 66.2 Å². The first-order valence-corrected chi connectivity index (χ1v) is 7.62. The van der Waals surface area contributed by atoms with E-state index in [1.165, 1.54) is 0 Å². The second-order valence-electron chi connectivity index (χ2n) is 6.89. The van der Waals surface area contributed by atoms with Crippen molar-refractivity contribution >= 4 is 6.09 Å². The van der Waals surface area contributed by atoms with Crippen LogP contribution in [0.4, 0.5) is 4.79 Å². The lowest BCUT2D eigenvalue weighted by atomic mass is 9.75. The molecule has 0 radical (unpaired) electrons. The van der Waals surface area contributed by atoms with Crippen LogP contribution in [0, 0.1) is 16.7 Å². The lowest BCUT2D eigenvalue weighted by Crippen LogP contribution is -2.45. The van der Waals surface area contributed by atoms with E-state index in [-0.39, 0.29) is 6.09 Å². The second-order valence-corrected chi connectivity index (χ2v) is 6.89. The Kier molecular flexibility index (Phi) is 4.70. The Balaban J connectivity index is 1.97. The molecule has 0 atom stereocenters. The summed E-state index contributed by atoms with van der Waals surface area (Å²) < 4.78 is 5.39. The summed E-state index contributed by atoms with van der Waals surface area (Å²) in [7, 11) is 0. The third-order valence-electron chi connectivity index (χ3n) is 3.90. The number of aromatic nitrogens is 1. The van der Waals surface area contributed by atoms with Crippen LogP contribution in [-0.4, -0.2) is 34.7 Å². The fourth-order valence-corrected chi connectivity index (χ4v) is 2.66. The van der Waals surface area contributed by atoms with Crippen molar-refractivity contribution in [2.75, 3.05) is 13.1 Å². The van der Waals surface area contributed by atoms with Crippen LogP contribution in [0.15, 0.2) is 24.5 Å². The normalized spacial score (nSPS) is 17.6. The van der Waals surface area contributed by atoms with E-state index in [0.717, 1.165) is 5.56 Å². The van der Waals surface area contributed by atoms with Crippen molar-refractivity contribution in [1.29, 1.82) is 5.26 Å². The molecule has 22 heavy (non-hydrogen) atoms. The predicted molar refractivity (Wildman–Crippen MR) is 83.0 cm³/mol. The van der Waals surface area contributed by atoms with E-state index in [9.17, 15) is 10.1 Å². The molecule has 1 saturated heterocycles. The molecule has 1 fully saturated rings. The Bertz CT molecular complexity index is 550. The number of nitriles is 1. The number of hydrogen-bond donors (Lipinski definition) is 0. The maximum atomic E-state index is 12.1. The fraction of sp³-hybridized carbons (Fsp3) is 0.588. The first kappa shape index (κ1) is 16.3. The first-order chi connectivity index (χ1) is 10.3. The van der Waals surface area contributed by atoms with Crippen molar-refractivity contribution in [3.05, 3.63) is 30.1 Å². The van der Waals surface area contributed by atoms with Crippen LogP contribution in [0.25, 0.3) is 0 Å². The van der Waals surface area contributed by atoms with Crippen molar-refractivity contribution in [2.24, 2.45) is 5.41 Å². The molecule has 0 saturated carbocycles. The minimum Gasteiger partial charge on any atom is -0.444 e. The van der Waals surface area contributed by atoms with Crippen LogP contribution in [0.3, 0.4) is 0 Å². The minimum absolute atomic E-state index is 0.289. The molecule has 5 nitrogen and oxygen atoms in total. The zero-order chi connectivity index (χ0) is 16.2. The molecule has 1 aromatic rings. The predicted octanol–water partition coefficient (Wildman–Crippen LogP) is 3.16. The quantitative estimate of drug-likeness (QED) is 0.841. The van der Waals surface area contributed by atoms with Crippen molar-refractivity contribution in [3.63, 3.8) is 0 Å². The lowest BCUT2D eigenvalue weighted by molar-refractivity contribution is 0.0148. The van der Waals surface area contributed by atoms with Crippen molar-refractivity contribution in [3.8, 4) is 6.07 Å². The zero-order valence-electron chi connectivity index (χ0n) is 13.5. The summed E-state index contributed by atoms with van der Waals surface area (Å²) in [6.45, 7) is 6.70. The summed E-state index contributed by atoms with van der Waals surface area (Å²) in [6, 6.07) is 6.36. The molecule has 2 heterocycles. The molecule has 1 aliphatic rings. The molecule has 0 unspecified atom stereocenters. The van der Waals surface area contributed by atoms with Crippen LogP contribution < -0.4 is 0 Å². The van der Waals surface area contributed by atoms with E-state index in [0.29, 0.717) is 32.4 Å². The van der Waals surface area contributed by atoms with Gasteiger partial charge in [0.2, 0.25) is 0 Å². The Hall–Kier alpha value is -2.09. The minimum atomic E-state index is -0.488. The van der Waals surface area contributed by atoms with Gasteiger partial charge in [-0.1, -0.05) is 0 Å². The highest BCUT2D eigenvalue weighted by molar-refractivity contribution is 5.68. The monoisotopic (exact) mass is 301 g/mol. The standard InChI is InChI=1S/C17H23N3O2/c1-16(2,3)22-15(21)20-10-6-17(13-18,7-11-20)12-14-4-8-19-9-5-14/h4-5,8-9H,6-7,10-12H2,1-3H3. The van der Waals surface area contributed by atoms with Gasteiger partial charge in [-0.2, -0.15) is 5.26 Å². The molecule has 0 aromatic carbocycles. The SMILES string of the molecule is CC(C)(C)OC(=O)N1CCC(C#N)(Cc2ccncc2)CC1. The maximum Gasteiger partial charge on any atom is 0.410 e. The number of rotatable bonds is 2. The summed E-state index contributed by atoms with van der Waals surface area (Å²) in [6.07, 6.45) is 5.25. The van der Waals surface area contributed by atoms with E-state index < -0.39 is 11.0 Å². The van der Waals surface area contributed by atoms with Crippen molar-refractivity contribution in [2.45, 2.75) is 45.6 Å². The van der Waals surface area contributed by atoms with Gasteiger partial charge in [0.05, 0.1) is 11.5 Å². The number of carbonyl (C=O) groups is 1. The number of amides is 1. The van der Waals surface area contributed by atoms with Gasteiger partial charge in [-0.3, -0.25) is 4.98 Å². The molecule has 1 aliphatic heterocycles. The highest BCUT2D eigenvalue weighted by Gasteiger charge is 2.37. The number of nitrogens with zero attached hydrogens (tertiary/aromatic N) is 3. The Morgan fingerprint density at radius 3 is 2.45 bits per heavy atom. The van der Waals surface area contributed by atoms with Gasteiger partial charge in [0.1, 0.15) is 5.60 Å². The molecule has 0 spiro atoms. The van der Waals surface area contributed by atoms with Crippen LogP contribution in [0.5, 0.6) is 0 Å². The van der Waals surface area contributed by atoms with Crippen molar-refractivity contribution < 1.29 is 9.53 Å². The van der Waals surface area contributed by atoms with E-state index in [4.69, 9.17) is 4.74 Å². The van der Waals surface area contributed by atoms with Gasteiger partial charge in [0.15, 0.2) is 0 Å². The summed E-state index contributed by atoms with van der Waals surface area (Å²) in [4.78, 5) is 17.8. The smallest absolute Gasteiger partial charge is 0.410 e. The molecular weight excluding hydrogens is 278 g/mol. The molecular formula is C17H23N3O2. The highest BCUT2D eigenvalue weighted by Crippen LogP contribution is 2.34. The summed E-state index contributed by atoms with van der Waals surface area (Å²) in [5.74, 6) is 0. The van der Waals surface area contributed by atoms with Gasteiger partial charge in [0.25, 0.3) is 0 Å². The third kappa shape index (κ3) is 4.20. The van der Waals surface area contributed by atoms with E-state index in [1.54, 1.807) is 17.3 Å². The Morgan fingerprint density at radius 2 is 1.95 bits per heavy atom. The maximum absolute atomic E-state index is 12.1. The number of ether oxygens (including phenoxy) is 1. The lowest BCUT2D eigenvalue weighted by Gasteiger charge is -2.37. The molecule has 1 amide bonds. The Morgan fingerprint density at radius 1 is 1.36 bits per heavy atom. The van der Waals surface area contributed by atoms with E-state index in [1.807, 2.05) is 32.9 Å². The Labute approximate surface area is 131 Å². The third-order valence-corrected chi connectivity index (χ3v) is 3.90. The summed E-state index contributed by atoms with van der Waals surface area (Å²) in [5, 5.41) is 9.61. The van der Waals surface area contributed by atoms with Gasteiger partial charge in [0, 0.05) is 25.5 Å². The van der Waals surface area contributed by atoms with Crippen LogP contribution in [0.2, 0.25) is 0 Å². The van der Waals surface area contributed by atoms with Crippen LogP contribution >= 0.6 is 0 Å². The van der Waals surface area contributed by atoms with Crippen LogP contribution in [-0.2, 0) is 11.2 Å². The number of likely N-dealkylation sites (tertiary alicyclic amines) is 1. The molecule has 5 heteroatoms. The van der Waals surface area contributed by atoms with Gasteiger partial charge < -0.3 is 9.64 Å². The molecule has 0 bridgehead atoms. The largest absolute Gasteiger partial charge is 0.444 e. The molecule has 2 rings (SSSR count). The molecule has 0 N–H and O–H groups in total. The average Bonchev–Trinajstić information content (AvgIpc) is 2.47. The van der Waals surface area contributed by atoms with Gasteiger partial charge in [-0.25, -0.2) is 4.79 Å². The zero-order valence-corrected chi connectivity index (χ0v) is 13.5. The highest BCUT2D eigenvalue weighted by atomic mass is 16.6. The average molecular weight is 301 g/mol. The summed E-state index contributed by atoms with van der Waals surface area (Å²) >= 11 is 0. The van der Waals surface area contributed by atoms with Crippen LogP contribution in [0.1, 0.15) is 39.2 Å². The fourth-order valence-electron chi connectivity index (χ4n) is 2.66. The van der Waals surface area contributed by atoms with E-state index in [2.05, 4.69) is 11.1 Å². The molecule has 0 aliphatic carbocycles. The van der Waals surface area contributed by atoms with Gasteiger partial charge in [-0.15, -0.1) is 0 Å². The summed E-state index contributed by atoms with van der Waals surface area (Å²) in [5.41, 5.74) is 0.222. The number of carbonyl (C=O) groups excluding carboxylic acids is 1. The van der Waals surface area contributed by atoms with Gasteiger partial charge >= 0.3 is 6.09 Å². The molecule has 1 aromatic heterocycles. The number of pyridine rings is 1. The molecule has 118 valence electrons. The number of piperidine rings is 1.